The minimum atomic E-state index is -0.0656. The van der Waals surface area contributed by atoms with Crippen LogP contribution in [0.25, 0.3) is 0 Å². The molecule has 0 bridgehead atoms. The van der Waals surface area contributed by atoms with Crippen molar-refractivity contribution in [1.82, 2.24) is 4.98 Å². The fourth-order valence-corrected chi connectivity index (χ4v) is 2.08. The second kappa shape index (κ2) is 4.97. The van der Waals surface area contributed by atoms with Crippen LogP contribution in [0.1, 0.15) is 10.4 Å². The van der Waals surface area contributed by atoms with E-state index in [0.717, 1.165) is 10.4 Å². The highest BCUT2D eigenvalue weighted by Gasteiger charge is 2.06. The Labute approximate surface area is 103 Å². The van der Waals surface area contributed by atoms with Crippen LogP contribution in [-0.4, -0.2) is 10.9 Å². The zero-order valence-electron chi connectivity index (χ0n) is 9.43. The van der Waals surface area contributed by atoms with Gasteiger partial charge >= 0.3 is 0 Å². The van der Waals surface area contributed by atoms with Crippen molar-refractivity contribution in [2.45, 2.75) is 13.3 Å². The van der Waals surface area contributed by atoms with Crippen molar-refractivity contribution >= 4 is 28.1 Å². The molecule has 2 aromatic rings. The third-order valence-corrected chi connectivity index (χ3v) is 3.04. The molecule has 1 heterocycles. The number of rotatable bonds is 3. The molecular weight excluding hydrogens is 234 g/mol. The van der Waals surface area contributed by atoms with E-state index in [4.69, 9.17) is 5.73 Å². The van der Waals surface area contributed by atoms with Crippen LogP contribution in [0, 0.1) is 6.92 Å². The van der Waals surface area contributed by atoms with E-state index in [9.17, 15) is 4.79 Å². The molecule has 0 aliphatic rings. The summed E-state index contributed by atoms with van der Waals surface area (Å²) in [5.74, 6) is -0.0656. The number of nitrogen functional groups attached to an aromatic ring is 1. The van der Waals surface area contributed by atoms with Gasteiger partial charge in [-0.25, -0.2) is 4.98 Å². The number of thiazole rings is 1. The fourth-order valence-electron chi connectivity index (χ4n) is 1.40. The molecule has 0 unspecified atom stereocenters. The predicted octanol–water partition coefficient (Wildman–Crippen LogP) is 2.21. The molecule has 3 N–H and O–H groups in total. The highest BCUT2D eigenvalue weighted by molar-refractivity contribution is 7.15. The van der Waals surface area contributed by atoms with Gasteiger partial charge in [-0.15, -0.1) is 11.3 Å². The van der Waals surface area contributed by atoms with Crippen molar-refractivity contribution in [1.29, 1.82) is 0 Å². The zero-order chi connectivity index (χ0) is 12.3. The Morgan fingerprint density at radius 1 is 1.41 bits per heavy atom. The van der Waals surface area contributed by atoms with Crippen LogP contribution >= 0.6 is 11.3 Å². The number of aromatic nitrogens is 1. The number of hydrogen-bond donors (Lipinski definition) is 2. The van der Waals surface area contributed by atoms with Crippen LogP contribution in [-0.2, 0) is 11.2 Å². The quantitative estimate of drug-likeness (QED) is 0.817. The van der Waals surface area contributed by atoms with Crippen LogP contribution in [0.3, 0.4) is 0 Å². The van der Waals surface area contributed by atoms with Gasteiger partial charge in [-0.05, 0) is 24.6 Å². The standard InChI is InChI=1S/C12H13N3OS/c1-8-7-14-12(17-8)15-11(16)6-9-2-4-10(13)5-3-9/h2-5,7H,6,13H2,1H3,(H,14,15,16). The summed E-state index contributed by atoms with van der Waals surface area (Å²) < 4.78 is 0. The first-order valence-corrected chi connectivity index (χ1v) is 6.02. The van der Waals surface area contributed by atoms with E-state index in [0.29, 0.717) is 17.2 Å². The lowest BCUT2D eigenvalue weighted by atomic mass is 10.1. The van der Waals surface area contributed by atoms with Gasteiger partial charge in [0.25, 0.3) is 0 Å². The lowest BCUT2D eigenvalue weighted by Crippen LogP contribution is -2.14. The summed E-state index contributed by atoms with van der Waals surface area (Å²) in [6.07, 6.45) is 2.07. The van der Waals surface area contributed by atoms with E-state index in [-0.39, 0.29) is 5.91 Å². The summed E-state index contributed by atoms with van der Waals surface area (Å²) in [6.45, 7) is 1.95. The number of hydrogen-bond acceptors (Lipinski definition) is 4. The summed E-state index contributed by atoms with van der Waals surface area (Å²) in [4.78, 5) is 16.9. The summed E-state index contributed by atoms with van der Waals surface area (Å²) >= 11 is 1.47. The molecule has 0 aliphatic carbocycles. The SMILES string of the molecule is Cc1cnc(NC(=O)Cc2ccc(N)cc2)s1. The maximum atomic E-state index is 11.7. The maximum absolute atomic E-state index is 11.7. The maximum Gasteiger partial charge on any atom is 0.230 e. The molecule has 1 aromatic heterocycles. The normalized spacial score (nSPS) is 10.2. The van der Waals surface area contributed by atoms with Crippen molar-refractivity contribution < 1.29 is 4.79 Å². The summed E-state index contributed by atoms with van der Waals surface area (Å²) in [5.41, 5.74) is 7.21. The van der Waals surface area contributed by atoms with Crippen molar-refractivity contribution in [2.24, 2.45) is 0 Å². The zero-order valence-corrected chi connectivity index (χ0v) is 10.3. The van der Waals surface area contributed by atoms with Crippen molar-refractivity contribution in [3.05, 3.63) is 40.9 Å². The number of nitrogens with zero attached hydrogens (tertiary/aromatic N) is 1. The van der Waals surface area contributed by atoms with Crippen molar-refractivity contribution in [3.8, 4) is 0 Å². The lowest BCUT2D eigenvalue weighted by molar-refractivity contribution is -0.115. The minimum absolute atomic E-state index is 0.0656. The van der Waals surface area contributed by atoms with Gasteiger partial charge in [0, 0.05) is 16.8 Å². The fraction of sp³-hybridized carbons (Fsp3) is 0.167. The van der Waals surface area contributed by atoms with Gasteiger partial charge in [0.15, 0.2) is 5.13 Å². The molecule has 2 rings (SSSR count). The van der Waals surface area contributed by atoms with Gasteiger partial charge in [0.2, 0.25) is 5.91 Å². The average molecular weight is 247 g/mol. The molecule has 5 heteroatoms. The molecule has 17 heavy (non-hydrogen) atoms. The Bertz CT molecular complexity index is 519. The van der Waals surface area contributed by atoms with Crippen LogP contribution in [0.2, 0.25) is 0 Å². The van der Waals surface area contributed by atoms with Crippen LogP contribution in [0.5, 0.6) is 0 Å². The van der Waals surface area contributed by atoms with Gasteiger partial charge < -0.3 is 11.1 Å². The Kier molecular flexibility index (Phi) is 3.39. The summed E-state index contributed by atoms with van der Waals surface area (Å²) in [7, 11) is 0. The number of anilines is 2. The Hall–Kier alpha value is -1.88. The van der Waals surface area contributed by atoms with Crippen LogP contribution in [0.4, 0.5) is 10.8 Å². The molecule has 0 aliphatic heterocycles. The van der Waals surface area contributed by atoms with Gasteiger partial charge in [0.1, 0.15) is 0 Å². The van der Waals surface area contributed by atoms with Gasteiger partial charge in [0.05, 0.1) is 6.42 Å². The third-order valence-electron chi connectivity index (χ3n) is 2.21. The molecule has 0 radical (unpaired) electrons. The number of amides is 1. The lowest BCUT2D eigenvalue weighted by Gasteiger charge is -2.02. The summed E-state index contributed by atoms with van der Waals surface area (Å²) in [5, 5.41) is 3.40. The van der Waals surface area contributed by atoms with Crippen LogP contribution < -0.4 is 11.1 Å². The largest absolute Gasteiger partial charge is 0.399 e. The molecule has 0 saturated carbocycles. The number of benzene rings is 1. The Morgan fingerprint density at radius 2 is 2.12 bits per heavy atom. The molecule has 1 aromatic carbocycles. The second-order valence-electron chi connectivity index (χ2n) is 3.74. The number of nitrogens with one attached hydrogen (secondary N) is 1. The van der Waals surface area contributed by atoms with E-state index in [1.54, 1.807) is 18.3 Å². The number of carbonyl (C=O) groups is 1. The first-order valence-electron chi connectivity index (χ1n) is 5.20. The first kappa shape index (κ1) is 11.6. The van der Waals surface area contributed by atoms with E-state index in [2.05, 4.69) is 10.3 Å². The van der Waals surface area contributed by atoms with E-state index < -0.39 is 0 Å². The summed E-state index contributed by atoms with van der Waals surface area (Å²) in [6, 6.07) is 7.27. The Morgan fingerprint density at radius 3 is 2.71 bits per heavy atom. The van der Waals surface area contributed by atoms with E-state index in [1.165, 1.54) is 11.3 Å². The number of nitrogens with two attached hydrogens (primary N) is 1. The number of aryl methyl sites for hydroxylation is 1. The van der Waals surface area contributed by atoms with Crippen molar-refractivity contribution in [3.63, 3.8) is 0 Å². The van der Waals surface area contributed by atoms with Gasteiger partial charge in [-0.1, -0.05) is 12.1 Å². The van der Waals surface area contributed by atoms with Gasteiger partial charge in [-0.2, -0.15) is 0 Å². The molecular formula is C12H13N3OS. The average Bonchev–Trinajstić information content (AvgIpc) is 2.67. The molecule has 0 spiro atoms. The third kappa shape index (κ3) is 3.29. The van der Waals surface area contributed by atoms with E-state index >= 15 is 0 Å². The monoisotopic (exact) mass is 247 g/mol. The Balaban J connectivity index is 1.95. The molecule has 1 amide bonds. The molecule has 88 valence electrons. The highest BCUT2D eigenvalue weighted by atomic mass is 32.1. The molecule has 0 saturated heterocycles. The van der Waals surface area contributed by atoms with E-state index in [1.807, 2.05) is 19.1 Å². The molecule has 4 nitrogen and oxygen atoms in total. The highest BCUT2D eigenvalue weighted by Crippen LogP contribution is 2.16. The predicted molar refractivity (Wildman–Crippen MR) is 70.0 cm³/mol. The number of carbonyl (C=O) groups excluding carboxylic acids is 1. The second-order valence-corrected chi connectivity index (χ2v) is 4.98. The van der Waals surface area contributed by atoms with Gasteiger partial charge in [-0.3, -0.25) is 4.79 Å². The smallest absolute Gasteiger partial charge is 0.230 e. The van der Waals surface area contributed by atoms with Crippen molar-refractivity contribution in [2.75, 3.05) is 11.1 Å². The minimum Gasteiger partial charge on any atom is -0.399 e. The topological polar surface area (TPSA) is 68.0 Å². The van der Waals surface area contributed by atoms with Crippen LogP contribution in [0.15, 0.2) is 30.5 Å². The molecule has 0 atom stereocenters. The molecule has 0 fully saturated rings. The first-order chi connectivity index (χ1) is 8.13.